The van der Waals surface area contributed by atoms with E-state index < -0.39 is 6.04 Å². The third-order valence-electron chi connectivity index (χ3n) is 9.87. The molecule has 2 amide bonds. The summed E-state index contributed by atoms with van der Waals surface area (Å²) < 4.78 is 0. The van der Waals surface area contributed by atoms with Gasteiger partial charge >= 0.3 is 0 Å². The predicted octanol–water partition coefficient (Wildman–Crippen LogP) is 3.17. The lowest BCUT2D eigenvalue weighted by molar-refractivity contribution is -0.132. The summed E-state index contributed by atoms with van der Waals surface area (Å²) in [5, 5.41) is 12.8. The minimum Gasteiger partial charge on any atom is -0.335 e. The largest absolute Gasteiger partial charge is 0.335 e. The maximum atomic E-state index is 14.1. The van der Waals surface area contributed by atoms with Crippen LogP contribution in [0.4, 0.5) is 0 Å². The maximum Gasteiger partial charge on any atom is 0.270 e. The molecule has 1 saturated heterocycles. The Balaban J connectivity index is 1.13. The Morgan fingerprint density at radius 2 is 1.76 bits per heavy atom. The fourth-order valence-electron chi connectivity index (χ4n) is 7.28. The molecule has 6 rings (SSSR count). The highest BCUT2D eigenvalue weighted by molar-refractivity contribution is 6.02. The van der Waals surface area contributed by atoms with Gasteiger partial charge in [0.15, 0.2) is 0 Å². The number of piperazine rings is 1. The SMILES string of the molecule is CCCc1ccc(/C=C(/NC(=O)[C@@H]2Cc3ccccc3CN2)C(=O)N2CCN(C3CCCCC3CN3NNN=C3C)CC2)cc1. The molecule has 1 saturated carbocycles. The van der Waals surface area contributed by atoms with Crippen LogP contribution in [0.25, 0.3) is 6.08 Å². The van der Waals surface area contributed by atoms with Gasteiger partial charge in [0.2, 0.25) is 5.91 Å². The Morgan fingerprint density at radius 1 is 1.00 bits per heavy atom. The third kappa shape index (κ3) is 7.57. The van der Waals surface area contributed by atoms with Gasteiger partial charge in [-0.1, -0.05) is 74.7 Å². The van der Waals surface area contributed by atoms with Gasteiger partial charge in [-0.05, 0) is 66.9 Å². The summed E-state index contributed by atoms with van der Waals surface area (Å²) in [5.41, 5.74) is 10.9. The molecular weight excluding hydrogens is 564 g/mol. The quantitative estimate of drug-likeness (QED) is 0.323. The lowest BCUT2D eigenvalue weighted by Crippen LogP contribution is -2.57. The molecule has 0 spiro atoms. The van der Waals surface area contributed by atoms with Crippen molar-refractivity contribution in [2.75, 3.05) is 32.7 Å². The van der Waals surface area contributed by atoms with Crippen molar-refractivity contribution in [3.63, 3.8) is 0 Å². The fraction of sp³-hybridized carbons (Fsp3) is 0.514. The second kappa shape index (κ2) is 14.6. The number of fused-ring (bicyclic) bond motifs is 1. The molecule has 2 aromatic rings. The molecule has 240 valence electrons. The molecule has 0 bridgehead atoms. The fourth-order valence-corrected chi connectivity index (χ4v) is 7.28. The highest BCUT2D eigenvalue weighted by Crippen LogP contribution is 2.30. The summed E-state index contributed by atoms with van der Waals surface area (Å²) in [7, 11) is 0. The van der Waals surface area contributed by atoms with Crippen LogP contribution in [0.1, 0.15) is 68.2 Å². The zero-order valence-corrected chi connectivity index (χ0v) is 26.7. The first-order chi connectivity index (χ1) is 22.0. The topological polar surface area (TPSA) is 104 Å². The Bertz CT molecular complexity index is 1400. The first-order valence-corrected chi connectivity index (χ1v) is 16.8. The van der Waals surface area contributed by atoms with Gasteiger partial charge in [-0.25, -0.2) is 5.53 Å². The van der Waals surface area contributed by atoms with E-state index in [-0.39, 0.29) is 11.8 Å². The molecule has 4 aliphatic rings. The van der Waals surface area contributed by atoms with E-state index in [2.05, 4.69) is 67.9 Å². The lowest BCUT2D eigenvalue weighted by Gasteiger charge is -2.45. The van der Waals surface area contributed by atoms with Crippen molar-refractivity contribution >= 4 is 23.7 Å². The van der Waals surface area contributed by atoms with E-state index in [1.165, 1.54) is 42.4 Å². The number of hydrogen-bond donors (Lipinski definition) is 4. The second-order valence-corrected chi connectivity index (χ2v) is 12.9. The molecule has 10 nitrogen and oxygen atoms in total. The van der Waals surface area contributed by atoms with Crippen molar-refractivity contribution in [3.05, 3.63) is 76.5 Å². The van der Waals surface area contributed by atoms with Crippen LogP contribution < -0.4 is 21.7 Å². The smallest absolute Gasteiger partial charge is 0.270 e. The summed E-state index contributed by atoms with van der Waals surface area (Å²) in [6.07, 6.45) is 9.43. The van der Waals surface area contributed by atoms with Crippen molar-refractivity contribution in [1.29, 1.82) is 0 Å². The van der Waals surface area contributed by atoms with Gasteiger partial charge in [0.05, 0.1) is 6.04 Å². The van der Waals surface area contributed by atoms with Crippen molar-refractivity contribution in [3.8, 4) is 0 Å². The molecular formula is C35H48N8O2. The third-order valence-corrected chi connectivity index (χ3v) is 9.87. The molecule has 2 unspecified atom stereocenters. The van der Waals surface area contributed by atoms with E-state index in [1.807, 2.05) is 42.2 Å². The molecule has 2 fully saturated rings. The molecule has 10 heteroatoms. The van der Waals surface area contributed by atoms with Gasteiger partial charge in [-0.3, -0.25) is 19.5 Å². The summed E-state index contributed by atoms with van der Waals surface area (Å²) in [6.45, 7) is 8.70. The minimum absolute atomic E-state index is 0.115. The summed E-state index contributed by atoms with van der Waals surface area (Å²) in [4.78, 5) is 32.2. The molecule has 3 heterocycles. The maximum absolute atomic E-state index is 14.1. The predicted molar refractivity (Wildman–Crippen MR) is 177 cm³/mol. The zero-order chi connectivity index (χ0) is 31.2. The van der Waals surface area contributed by atoms with Gasteiger partial charge < -0.3 is 15.5 Å². The van der Waals surface area contributed by atoms with Crippen LogP contribution in [0.15, 0.2) is 59.3 Å². The summed E-state index contributed by atoms with van der Waals surface area (Å²) in [5.74, 6) is 1.22. The number of aryl methyl sites for hydroxylation is 1. The number of rotatable bonds is 9. The number of hydrazine groups is 2. The second-order valence-electron chi connectivity index (χ2n) is 12.9. The molecule has 4 N–H and O–H groups in total. The minimum atomic E-state index is -0.392. The van der Waals surface area contributed by atoms with Crippen LogP contribution in [0, 0.1) is 5.92 Å². The van der Waals surface area contributed by atoms with E-state index in [0.29, 0.717) is 43.7 Å². The zero-order valence-electron chi connectivity index (χ0n) is 26.7. The van der Waals surface area contributed by atoms with E-state index in [0.717, 1.165) is 43.9 Å². The highest BCUT2D eigenvalue weighted by Gasteiger charge is 2.35. The monoisotopic (exact) mass is 612 g/mol. The van der Waals surface area contributed by atoms with Crippen LogP contribution >= 0.6 is 0 Å². The number of hydrazone groups is 1. The van der Waals surface area contributed by atoms with Gasteiger partial charge in [0.25, 0.3) is 5.91 Å². The van der Waals surface area contributed by atoms with Crippen LogP contribution in [0.3, 0.4) is 0 Å². The van der Waals surface area contributed by atoms with Gasteiger partial charge in [-0.2, -0.15) is 0 Å². The van der Waals surface area contributed by atoms with Crippen molar-refractivity contribution < 1.29 is 9.59 Å². The molecule has 3 aliphatic heterocycles. The van der Waals surface area contributed by atoms with E-state index in [4.69, 9.17) is 0 Å². The Kier molecular flexibility index (Phi) is 10.1. The van der Waals surface area contributed by atoms with E-state index in [1.54, 1.807) is 0 Å². The van der Waals surface area contributed by atoms with Crippen molar-refractivity contribution in [1.82, 2.24) is 36.5 Å². The molecule has 45 heavy (non-hydrogen) atoms. The van der Waals surface area contributed by atoms with Crippen molar-refractivity contribution in [2.45, 2.75) is 77.4 Å². The van der Waals surface area contributed by atoms with Gasteiger partial charge in [0, 0.05) is 45.3 Å². The number of hydrogen-bond acceptors (Lipinski definition) is 8. The molecule has 2 aromatic carbocycles. The van der Waals surface area contributed by atoms with Gasteiger partial charge in [-0.15, -0.1) is 10.6 Å². The lowest BCUT2D eigenvalue weighted by atomic mass is 9.83. The normalized spacial score (nSPS) is 24.1. The highest BCUT2D eigenvalue weighted by atomic mass is 16.2. The molecule has 0 radical (unpaired) electrons. The Labute approximate surface area is 267 Å². The van der Waals surface area contributed by atoms with Crippen LogP contribution in [-0.4, -0.2) is 77.3 Å². The first kappa shape index (κ1) is 31.3. The van der Waals surface area contributed by atoms with Crippen LogP contribution in [-0.2, 0) is 29.0 Å². The number of amidine groups is 1. The Morgan fingerprint density at radius 3 is 2.49 bits per heavy atom. The standard InChI is InChI=1S/C35H48N8O2/c1-3-8-26-13-15-27(16-14-26)21-32(37-34(44)31-22-28-9-4-5-10-29(28)23-36-31)35(45)42-19-17-41(18-20-42)33-12-7-6-11-30(33)24-43-25(2)38-39-40-43/h4-5,9-10,13-16,21,30-31,33,36,39-40H,3,6-8,11-12,17-20,22-24H2,1-2H3,(H,37,44)/b32-21+/t30?,31-,33?/m0/s1. The van der Waals surface area contributed by atoms with E-state index in [9.17, 15) is 9.59 Å². The first-order valence-electron chi connectivity index (χ1n) is 16.8. The van der Waals surface area contributed by atoms with Crippen LogP contribution in [0.2, 0.25) is 0 Å². The average Bonchev–Trinajstić information content (AvgIpc) is 3.48. The van der Waals surface area contributed by atoms with Gasteiger partial charge in [0.1, 0.15) is 11.5 Å². The summed E-state index contributed by atoms with van der Waals surface area (Å²) in [6, 6.07) is 16.6. The number of benzene rings is 2. The Hall–Kier alpha value is -3.73. The number of carbonyl (C=O) groups is 2. The average molecular weight is 613 g/mol. The number of nitrogens with one attached hydrogen (secondary N) is 4. The summed E-state index contributed by atoms with van der Waals surface area (Å²) >= 11 is 0. The molecule has 1 aliphatic carbocycles. The number of amides is 2. The van der Waals surface area contributed by atoms with Crippen LogP contribution in [0.5, 0.6) is 0 Å². The van der Waals surface area contributed by atoms with Crippen molar-refractivity contribution in [2.24, 2.45) is 11.0 Å². The molecule has 0 aromatic heterocycles. The van der Waals surface area contributed by atoms with E-state index >= 15 is 0 Å². The molecule has 3 atom stereocenters. The number of nitrogens with zero attached hydrogens (tertiary/aromatic N) is 4. The number of carbonyl (C=O) groups excluding carboxylic acids is 2.